The molecule has 1 amide bonds. The summed E-state index contributed by atoms with van der Waals surface area (Å²) in [6.45, 7) is 0. The largest absolute Gasteiger partial charge is 0.465 e. The van der Waals surface area contributed by atoms with E-state index in [1.807, 2.05) is 0 Å². The highest BCUT2D eigenvalue weighted by Gasteiger charge is 2.46. The van der Waals surface area contributed by atoms with E-state index >= 15 is 0 Å². The smallest absolute Gasteiger partial charge is 0.407 e. The topological polar surface area (TPSA) is 57.6 Å². The maximum absolute atomic E-state index is 11.0. The van der Waals surface area contributed by atoms with E-state index in [2.05, 4.69) is 0 Å². The summed E-state index contributed by atoms with van der Waals surface area (Å²) in [5.41, 5.74) is 0.257. The minimum atomic E-state index is -0.847. The Morgan fingerprint density at radius 2 is 1.93 bits per heavy atom. The van der Waals surface area contributed by atoms with Gasteiger partial charge in [0.2, 0.25) is 0 Å². The zero-order chi connectivity index (χ0) is 11.1. The number of rotatable bonds is 1. The molecule has 0 heterocycles. The summed E-state index contributed by atoms with van der Waals surface area (Å²) in [7, 11) is 1.64. The van der Waals surface area contributed by atoms with Crippen LogP contribution in [0, 0.1) is 5.41 Å². The molecule has 1 spiro atoms. The van der Waals surface area contributed by atoms with Crippen LogP contribution in [0.1, 0.15) is 38.5 Å². The average Bonchev–Trinajstić information content (AvgIpc) is 2.16. The molecule has 0 bridgehead atoms. The lowest BCUT2D eigenvalue weighted by Crippen LogP contribution is -2.46. The molecule has 2 aliphatic rings. The first-order valence-electron chi connectivity index (χ1n) is 5.50. The molecular formula is C11H17NO3. The molecule has 0 radical (unpaired) electrons. The Balaban J connectivity index is 1.87. The van der Waals surface area contributed by atoms with Crippen LogP contribution in [-0.4, -0.2) is 35.0 Å². The van der Waals surface area contributed by atoms with Crippen molar-refractivity contribution in [1.29, 1.82) is 0 Å². The molecule has 2 saturated carbocycles. The molecule has 84 valence electrons. The molecule has 0 saturated heterocycles. The van der Waals surface area contributed by atoms with Crippen molar-refractivity contribution in [3.05, 3.63) is 0 Å². The molecule has 0 atom stereocenters. The van der Waals surface area contributed by atoms with Crippen molar-refractivity contribution >= 4 is 11.9 Å². The van der Waals surface area contributed by atoms with Crippen LogP contribution in [0.5, 0.6) is 0 Å². The lowest BCUT2D eigenvalue weighted by molar-refractivity contribution is -0.135. The quantitative estimate of drug-likeness (QED) is 0.720. The highest BCUT2D eigenvalue weighted by molar-refractivity contribution is 5.86. The standard InChI is InChI=1S/C11H17NO3/c1-12(10(14)15)8-2-4-11(5-3-8)6-9(13)7-11/h8H,2-7H2,1H3,(H,14,15). The van der Waals surface area contributed by atoms with Crippen LogP contribution >= 0.6 is 0 Å². The molecular weight excluding hydrogens is 194 g/mol. The number of hydrogen-bond acceptors (Lipinski definition) is 2. The maximum Gasteiger partial charge on any atom is 0.407 e. The van der Waals surface area contributed by atoms with E-state index in [-0.39, 0.29) is 11.5 Å². The molecule has 15 heavy (non-hydrogen) atoms. The van der Waals surface area contributed by atoms with Gasteiger partial charge in [-0.2, -0.15) is 0 Å². The van der Waals surface area contributed by atoms with Crippen molar-refractivity contribution in [2.75, 3.05) is 7.05 Å². The summed E-state index contributed by atoms with van der Waals surface area (Å²) in [6.07, 6.45) is 4.47. The van der Waals surface area contributed by atoms with E-state index in [0.717, 1.165) is 38.5 Å². The summed E-state index contributed by atoms with van der Waals surface area (Å²) < 4.78 is 0. The number of carbonyl (C=O) groups is 2. The molecule has 1 N–H and O–H groups in total. The Bertz CT molecular complexity index is 282. The van der Waals surface area contributed by atoms with Gasteiger partial charge in [0.05, 0.1) is 0 Å². The Morgan fingerprint density at radius 3 is 2.33 bits per heavy atom. The summed E-state index contributed by atoms with van der Waals surface area (Å²) in [5.74, 6) is 0.375. The summed E-state index contributed by atoms with van der Waals surface area (Å²) in [6, 6.07) is 0.156. The van der Waals surface area contributed by atoms with E-state index in [9.17, 15) is 9.59 Å². The van der Waals surface area contributed by atoms with Gasteiger partial charge in [0, 0.05) is 25.9 Å². The van der Waals surface area contributed by atoms with E-state index in [4.69, 9.17) is 5.11 Å². The lowest BCUT2D eigenvalue weighted by atomic mass is 9.59. The minimum Gasteiger partial charge on any atom is -0.465 e. The molecule has 2 rings (SSSR count). The van der Waals surface area contributed by atoms with E-state index in [0.29, 0.717) is 5.78 Å². The van der Waals surface area contributed by atoms with Gasteiger partial charge in [-0.3, -0.25) is 4.79 Å². The second-order valence-corrected chi connectivity index (χ2v) is 5.02. The second kappa shape index (κ2) is 3.51. The Labute approximate surface area is 89.3 Å². The lowest BCUT2D eigenvalue weighted by Gasteiger charge is -2.46. The number of hydrogen-bond donors (Lipinski definition) is 1. The molecule has 4 heteroatoms. The van der Waals surface area contributed by atoms with Gasteiger partial charge in [0.1, 0.15) is 5.78 Å². The average molecular weight is 211 g/mol. The normalized spacial score (nSPS) is 25.0. The molecule has 0 aliphatic heterocycles. The fourth-order valence-corrected chi connectivity index (χ4v) is 2.90. The van der Waals surface area contributed by atoms with Gasteiger partial charge in [0.15, 0.2) is 0 Å². The fraction of sp³-hybridized carbons (Fsp3) is 0.818. The van der Waals surface area contributed by atoms with Gasteiger partial charge in [-0.15, -0.1) is 0 Å². The number of Topliss-reactive ketones (excluding diaryl/α,β-unsaturated/α-hetero) is 1. The third kappa shape index (κ3) is 1.85. The number of carboxylic acid groups (broad SMARTS) is 1. The van der Waals surface area contributed by atoms with Crippen LogP contribution in [0.15, 0.2) is 0 Å². The molecule has 2 aliphatic carbocycles. The van der Waals surface area contributed by atoms with Crippen LogP contribution in [-0.2, 0) is 4.79 Å². The summed E-state index contributed by atoms with van der Waals surface area (Å²) in [5, 5.41) is 8.85. The fourth-order valence-electron chi connectivity index (χ4n) is 2.90. The zero-order valence-corrected chi connectivity index (χ0v) is 9.03. The van der Waals surface area contributed by atoms with Crippen molar-refractivity contribution in [2.24, 2.45) is 5.41 Å². The van der Waals surface area contributed by atoms with E-state index in [1.54, 1.807) is 7.05 Å². The van der Waals surface area contributed by atoms with Gasteiger partial charge in [-0.1, -0.05) is 0 Å². The van der Waals surface area contributed by atoms with Crippen molar-refractivity contribution in [3.63, 3.8) is 0 Å². The molecule has 0 aromatic rings. The molecule has 2 fully saturated rings. The predicted octanol–water partition coefficient (Wildman–Crippen LogP) is 1.89. The molecule has 0 aromatic heterocycles. The van der Waals surface area contributed by atoms with E-state index in [1.165, 1.54) is 4.90 Å². The van der Waals surface area contributed by atoms with Crippen LogP contribution in [0.2, 0.25) is 0 Å². The number of carbonyl (C=O) groups excluding carboxylic acids is 1. The van der Waals surface area contributed by atoms with Crippen molar-refractivity contribution in [3.8, 4) is 0 Å². The summed E-state index contributed by atoms with van der Waals surface area (Å²) in [4.78, 5) is 23.2. The molecule has 4 nitrogen and oxygen atoms in total. The van der Waals surface area contributed by atoms with Crippen molar-refractivity contribution in [2.45, 2.75) is 44.6 Å². The third-order valence-corrected chi connectivity index (χ3v) is 4.01. The van der Waals surface area contributed by atoms with Gasteiger partial charge in [-0.25, -0.2) is 4.79 Å². The van der Waals surface area contributed by atoms with Gasteiger partial charge >= 0.3 is 6.09 Å². The molecule has 0 unspecified atom stereocenters. The van der Waals surface area contributed by atoms with Crippen LogP contribution in [0.3, 0.4) is 0 Å². The first-order valence-corrected chi connectivity index (χ1v) is 5.50. The SMILES string of the molecule is CN(C(=O)O)C1CCC2(CC1)CC(=O)C2. The third-order valence-electron chi connectivity index (χ3n) is 4.01. The minimum absolute atomic E-state index is 0.156. The monoisotopic (exact) mass is 211 g/mol. The first-order chi connectivity index (χ1) is 7.02. The first kappa shape index (κ1) is 10.5. The Kier molecular flexibility index (Phi) is 2.44. The Morgan fingerprint density at radius 1 is 1.40 bits per heavy atom. The van der Waals surface area contributed by atoms with Crippen molar-refractivity contribution < 1.29 is 14.7 Å². The zero-order valence-electron chi connectivity index (χ0n) is 9.03. The number of nitrogens with zero attached hydrogens (tertiary/aromatic N) is 1. The van der Waals surface area contributed by atoms with Gasteiger partial charge < -0.3 is 10.0 Å². The predicted molar refractivity (Wildman–Crippen MR) is 54.7 cm³/mol. The Hall–Kier alpha value is -1.06. The van der Waals surface area contributed by atoms with Gasteiger partial charge in [0.25, 0.3) is 0 Å². The second-order valence-electron chi connectivity index (χ2n) is 5.02. The highest BCUT2D eigenvalue weighted by atomic mass is 16.4. The number of amides is 1. The number of ketones is 1. The van der Waals surface area contributed by atoms with Crippen molar-refractivity contribution in [1.82, 2.24) is 4.90 Å². The summed E-state index contributed by atoms with van der Waals surface area (Å²) >= 11 is 0. The van der Waals surface area contributed by atoms with Gasteiger partial charge in [-0.05, 0) is 31.1 Å². The van der Waals surface area contributed by atoms with Crippen LogP contribution in [0.4, 0.5) is 4.79 Å². The molecule has 0 aromatic carbocycles. The maximum atomic E-state index is 11.0. The van der Waals surface area contributed by atoms with E-state index < -0.39 is 6.09 Å². The highest BCUT2D eigenvalue weighted by Crippen LogP contribution is 2.50. The van der Waals surface area contributed by atoms with Crippen LogP contribution < -0.4 is 0 Å². The van der Waals surface area contributed by atoms with Crippen LogP contribution in [0.25, 0.3) is 0 Å².